The van der Waals surface area contributed by atoms with Gasteiger partial charge < -0.3 is 10.3 Å². The molecular formula is C15H16ClN5O. The number of carbonyl (C=O) groups is 1. The fourth-order valence-corrected chi connectivity index (χ4v) is 2.56. The van der Waals surface area contributed by atoms with Crippen LogP contribution in [0, 0.1) is 6.92 Å². The molecule has 2 heterocycles. The van der Waals surface area contributed by atoms with Gasteiger partial charge in [0.25, 0.3) is 5.91 Å². The first kappa shape index (κ1) is 14.6. The third kappa shape index (κ3) is 2.57. The number of imidazole rings is 1. The second kappa shape index (κ2) is 5.81. The summed E-state index contributed by atoms with van der Waals surface area (Å²) in [4.78, 5) is 19.9. The Bertz CT molecular complexity index is 803. The number of hydrogen-bond acceptors (Lipinski definition) is 3. The van der Waals surface area contributed by atoms with Crippen molar-refractivity contribution in [3.8, 4) is 0 Å². The van der Waals surface area contributed by atoms with E-state index in [0.29, 0.717) is 35.3 Å². The van der Waals surface area contributed by atoms with Crippen LogP contribution in [-0.4, -0.2) is 25.7 Å². The third-order valence-corrected chi connectivity index (χ3v) is 3.88. The number of aryl methyl sites for hydroxylation is 2. The lowest BCUT2D eigenvalue weighted by molar-refractivity contribution is 0.0939. The van der Waals surface area contributed by atoms with E-state index in [0.717, 1.165) is 11.0 Å². The number of amides is 1. The summed E-state index contributed by atoms with van der Waals surface area (Å²) in [5.74, 6) is 0.442. The highest BCUT2D eigenvalue weighted by Crippen LogP contribution is 2.20. The summed E-state index contributed by atoms with van der Waals surface area (Å²) < 4.78 is 1.60. The Morgan fingerprint density at radius 1 is 1.41 bits per heavy atom. The molecule has 0 saturated heterocycles. The van der Waals surface area contributed by atoms with Gasteiger partial charge in [0.05, 0.1) is 28.3 Å². The Morgan fingerprint density at radius 3 is 2.91 bits per heavy atom. The van der Waals surface area contributed by atoms with Crippen LogP contribution in [0.2, 0.25) is 5.02 Å². The molecule has 22 heavy (non-hydrogen) atoms. The van der Waals surface area contributed by atoms with Crippen molar-refractivity contribution < 1.29 is 4.79 Å². The molecule has 0 bridgehead atoms. The van der Waals surface area contributed by atoms with Gasteiger partial charge in [-0.05, 0) is 26.0 Å². The summed E-state index contributed by atoms with van der Waals surface area (Å²) in [7, 11) is 0. The van der Waals surface area contributed by atoms with Gasteiger partial charge in [-0.15, -0.1) is 0 Å². The van der Waals surface area contributed by atoms with E-state index in [1.165, 1.54) is 0 Å². The maximum absolute atomic E-state index is 12.3. The van der Waals surface area contributed by atoms with Crippen molar-refractivity contribution >= 4 is 28.5 Å². The Balaban J connectivity index is 1.77. The molecule has 0 aliphatic heterocycles. The normalized spacial score (nSPS) is 11.0. The number of nitrogens with zero attached hydrogens (tertiary/aromatic N) is 3. The van der Waals surface area contributed by atoms with E-state index in [9.17, 15) is 4.79 Å². The number of para-hydroxylation sites is 2. The molecule has 6 nitrogen and oxygen atoms in total. The SMILES string of the molecule is CCn1nc(C)c(Cl)c1C(=O)NCc1nc2ccccc2[nH]1. The van der Waals surface area contributed by atoms with E-state index in [-0.39, 0.29) is 5.91 Å². The van der Waals surface area contributed by atoms with E-state index >= 15 is 0 Å². The first-order valence-electron chi connectivity index (χ1n) is 7.05. The molecule has 0 saturated carbocycles. The second-order valence-electron chi connectivity index (χ2n) is 4.95. The van der Waals surface area contributed by atoms with E-state index in [4.69, 9.17) is 11.6 Å². The minimum Gasteiger partial charge on any atom is -0.343 e. The maximum Gasteiger partial charge on any atom is 0.271 e. The predicted molar refractivity (Wildman–Crippen MR) is 84.9 cm³/mol. The summed E-state index contributed by atoms with van der Waals surface area (Å²) >= 11 is 6.17. The number of halogens is 1. The first-order chi connectivity index (χ1) is 10.6. The number of fused-ring (bicyclic) bond motifs is 1. The Labute approximate surface area is 132 Å². The highest BCUT2D eigenvalue weighted by molar-refractivity contribution is 6.34. The Kier molecular flexibility index (Phi) is 3.85. The van der Waals surface area contributed by atoms with Crippen LogP contribution >= 0.6 is 11.6 Å². The molecule has 1 amide bonds. The van der Waals surface area contributed by atoms with Crippen LogP contribution < -0.4 is 5.32 Å². The predicted octanol–water partition coefficient (Wildman–Crippen LogP) is 2.67. The third-order valence-electron chi connectivity index (χ3n) is 3.42. The van der Waals surface area contributed by atoms with Crippen molar-refractivity contribution in [1.82, 2.24) is 25.1 Å². The number of carbonyl (C=O) groups excluding carboxylic acids is 1. The van der Waals surface area contributed by atoms with Crippen LogP contribution in [0.25, 0.3) is 11.0 Å². The fraction of sp³-hybridized carbons (Fsp3) is 0.267. The summed E-state index contributed by atoms with van der Waals surface area (Å²) in [6.45, 7) is 4.59. The summed E-state index contributed by atoms with van der Waals surface area (Å²) in [5.41, 5.74) is 2.86. The minimum absolute atomic E-state index is 0.257. The Morgan fingerprint density at radius 2 is 2.18 bits per heavy atom. The van der Waals surface area contributed by atoms with Gasteiger partial charge in [-0.25, -0.2) is 4.98 Å². The number of H-pyrrole nitrogens is 1. The average Bonchev–Trinajstić information content (AvgIpc) is 3.06. The van der Waals surface area contributed by atoms with Crippen molar-refractivity contribution in [3.05, 3.63) is 46.5 Å². The maximum atomic E-state index is 12.3. The van der Waals surface area contributed by atoms with Gasteiger partial charge in [0.15, 0.2) is 0 Å². The molecule has 3 aromatic rings. The molecule has 0 aliphatic carbocycles. The van der Waals surface area contributed by atoms with Crippen LogP contribution in [0.15, 0.2) is 24.3 Å². The number of hydrogen-bond donors (Lipinski definition) is 2. The number of aromatic nitrogens is 4. The molecule has 0 aliphatic rings. The minimum atomic E-state index is -0.257. The number of rotatable bonds is 4. The molecule has 7 heteroatoms. The monoisotopic (exact) mass is 317 g/mol. The fourth-order valence-electron chi connectivity index (χ4n) is 2.34. The van der Waals surface area contributed by atoms with Crippen LogP contribution in [0.5, 0.6) is 0 Å². The van der Waals surface area contributed by atoms with Crippen molar-refractivity contribution in [2.45, 2.75) is 26.9 Å². The lowest BCUT2D eigenvalue weighted by Gasteiger charge is -2.05. The summed E-state index contributed by atoms with van der Waals surface area (Å²) in [5, 5.41) is 7.46. The van der Waals surface area contributed by atoms with Gasteiger partial charge in [-0.3, -0.25) is 9.48 Å². The first-order valence-corrected chi connectivity index (χ1v) is 7.42. The van der Waals surface area contributed by atoms with Gasteiger partial charge in [0, 0.05) is 6.54 Å². The molecule has 3 rings (SSSR count). The van der Waals surface area contributed by atoms with Crippen molar-refractivity contribution in [1.29, 1.82) is 0 Å². The van der Waals surface area contributed by atoms with Crippen molar-refractivity contribution in [2.75, 3.05) is 0 Å². The van der Waals surface area contributed by atoms with Gasteiger partial charge >= 0.3 is 0 Å². The smallest absolute Gasteiger partial charge is 0.271 e. The average molecular weight is 318 g/mol. The zero-order chi connectivity index (χ0) is 15.7. The van der Waals surface area contributed by atoms with Crippen LogP contribution in [-0.2, 0) is 13.1 Å². The lowest BCUT2D eigenvalue weighted by Crippen LogP contribution is -2.26. The second-order valence-corrected chi connectivity index (χ2v) is 5.33. The van der Waals surface area contributed by atoms with E-state index in [1.54, 1.807) is 11.6 Å². The van der Waals surface area contributed by atoms with E-state index in [2.05, 4.69) is 20.4 Å². The Hall–Kier alpha value is -2.34. The summed E-state index contributed by atoms with van der Waals surface area (Å²) in [6.07, 6.45) is 0. The molecule has 0 atom stereocenters. The van der Waals surface area contributed by atoms with Gasteiger partial charge in [0.2, 0.25) is 0 Å². The lowest BCUT2D eigenvalue weighted by atomic mass is 10.3. The van der Waals surface area contributed by atoms with Gasteiger partial charge in [0.1, 0.15) is 11.5 Å². The van der Waals surface area contributed by atoms with Crippen LogP contribution in [0.4, 0.5) is 0 Å². The van der Waals surface area contributed by atoms with E-state index in [1.807, 2.05) is 31.2 Å². The molecule has 0 spiro atoms. The number of nitrogens with one attached hydrogen (secondary N) is 2. The van der Waals surface area contributed by atoms with Crippen molar-refractivity contribution in [2.24, 2.45) is 0 Å². The quantitative estimate of drug-likeness (QED) is 0.776. The van der Waals surface area contributed by atoms with Crippen molar-refractivity contribution in [3.63, 3.8) is 0 Å². The highest BCUT2D eigenvalue weighted by Gasteiger charge is 2.19. The standard InChI is InChI=1S/C15H16ClN5O/c1-3-21-14(13(16)9(2)20-21)15(22)17-8-12-18-10-6-4-5-7-11(10)19-12/h4-7H,3,8H2,1-2H3,(H,17,22)(H,18,19). The van der Waals surface area contributed by atoms with Crippen LogP contribution in [0.3, 0.4) is 0 Å². The van der Waals surface area contributed by atoms with Gasteiger partial charge in [-0.1, -0.05) is 23.7 Å². The molecule has 2 aromatic heterocycles. The molecule has 0 fully saturated rings. The number of benzene rings is 1. The zero-order valence-electron chi connectivity index (χ0n) is 12.4. The molecule has 1 aromatic carbocycles. The zero-order valence-corrected chi connectivity index (χ0v) is 13.1. The molecule has 114 valence electrons. The topological polar surface area (TPSA) is 75.6 Å². The number of aromatic amines is 1. The van der Waals surface area contributed by atoms with Gasteiger partial charge in [-0.2, -0.15) is 5.10 Å². The molecular weight excluding hydrogens is 302 g/mol. The molecule has 2 N–H and O–H groups in total. The molecule has 0 radical (unpaired) electrons. The largest absolute Gasteiger partial charge is 0.343 e. The van der Waals surface area contributed by atoms with Crippen LogP contribution in [0.1, 0.15) is 28.9 Å². The van der Waals surface area contributed by atoms with E-state index < -0.39 is 0 Å². The molecule has 0 unspecified atom stereocenters. The summed E-state index contributed by atoms with van der Waals surface area (Å²) in [6, 6.07) is 7.72. The highest BCUT2D eigenvalue weighted by atomic mass is 35.5.